The number of thioether (sulfide) groups is 1. The topological polar surface area (TPSA) is 133 Å². The number of primary amides is 1. The van der Waals surface area contributed by atoms with Crippen molar-refractivity contribution in [1.29, 1.82) is 0 Å². The number of carbonyl (C=O) groups excluding carboxylic acids is 2. The van der Waals surface area contributed by atoms with Gasteiger partial charge in [0.1, 0.15) is 6.54 Å². The molecule has 0 saturated heterocycles. The van der Waals surface area contributed by atoms with Gasteiger partial charge in [-0.3, -0.25) is 24.4 Å². The number of hydrogen-bond donors (Lipinski definition) is 2. The molecule has 27 heavy (non-hydrogen) atoms. The molecule has 0 aliphatic heterocycles. The Bertz CT molecular complexity index is 850. The van der Waals surface area contributed by atoms with Crippen LogP contribution in [-0.4, -0.2) is 32.3 Å². The van der Waals surface area contributed by atoms with Crippen LogP contribution >= 0.6 is 11.8 Å². The van der Waals surface area contributed by atoms with Crippen LogP contribution in [0, 0.1) is 16.0 Å². The quantitative estimate of drug-likeness (QED) is 0.383. The van der Waals surface area contributed by atoms with E-state index in [2.05, 4.69) is 24.3 Å². The monoisotopic (exact) mass is 391 g/mol. The predicted octanol–water partition coefficient (Wildman–Crippen LogP) is 2.67. The van der Waals surface area contributed by atoms with Crippen molar-refractivity contribution < 1.29 is 14.5 Å². The van der Waals surface area contributed by atoms with Crippen molar-refractivity contribution in [2.75, 3.05) is 11.1 Å². The SMILES string of the molecule is CC(C)CCSc1ccc(C(=O)Nc2cnn(CC(N)=O)c2)cc1[N+](=O)[O-]. The molecule has 0 aliphatic rings. The van der Waals surface area contributed by atoms with Crippen LogP contribution in [0.2, 0.25) is 0 Å². The highest BCUT2D eigenvalue weighted by Gasteiger charge is 2.18. The number of carbonyl (C=O) groups is 2. The van der Waals surface area contributed by atoms with Crippen LogP contribution in [0.3, 0.4) is 0 Å². The molecule has 0 atom stereocenters. The molecule has 0 spiro atoms. The summed E-state index contributed by atoms with van der Waals surface area (Å²) in [5.41, 5.74) is 5.51. The van der Waals surface area contributed by atoms with Crippen molar-refractivity contribution in [3.63, 3.8) is 0 Å². The fourth-order valence-electron chi connectivity index (χ4n) is 2.21. The highest BCUT2D eigenvalue weighted by Crippen LogP contribution is 2.31. The molecule has 3 N–H and O–H groups in total. The molecule has 2 aromatic rings. The Balaban J connectivity index is 2.11. The van der Waals surface area contributed by atoms with Gasteiger partial charge in [0.15, 0.2) is 0 Å². The van der Waals surface area contributed by atoms with Gasteiger partial charge >= 0.3 is 0 Å². The summed E-state index contributed by atoms with van der Waals surface area (Å²) in [4.78, 5) is 34.6. The Hall–Kier alpha value is -2.88. The lowest BCUT2D eigenvalue weighted by Crippen LogP contribution is -2.18. The maximum absolute atomic E-state index is 12.4. The van der Waals surface area contributed by atoms with Crippen LogP contribution in [0.15, 0.2) is 35.5 Å². The maximum Gasteiger partial charge on any atom is 0.283 e. The maximum atomic E-state index is 12.4. The zero-order chi connectivity index (χ0) is 20.0. The fraction of sp³-hybridized carbons (Fsp3) is 0.353. The molecular formula is C17H21N5O4S. The zero-order valence-electron chi connectivity index (χ0n) is 15.0. The third-order valence-electron chi connectivity index (χ3n) is 3.58. The second-order valence-corrected chi connectivity index (χ2v) is 7.45. The van der Waals surface area contributed by atoms with Crippen LogP contribution in [0.5, 0.6) is 0 Å². The van der Waals surface area contributed by atoms with Crippen LogP contribution in [-0.2, 0) is 11.3 Å². The van der Waals surface area contributed by atoms with Crippen molar-refractivity contribution in [3.05, 3.63) is 46.3 Å². The lowest BCUT2D eigenvalue weighted by atomic mass is 10.2. The number of nitro groups is 1. The molecule has 1 aromatic heterocycles. The molecule has 9 nitrogen and oxygen atoms in total. The van der Waals surface area contributed by atoms with E-state index in [1.165, 1.54) is 34.9 Å². The molecule has 10 heteroatoms. The standard InChI is InChI=1S/C17H21N5O4S/c1-11(2)5-6-27-15-4-3-12(7-14(15)22(25)26)17(24)20-13-8-19-21(9-13)10-16(18)23/h3-4,7-9,11H,5-6,10H2,1-2H3,(H2,18,23)(H,20,24). The van der Waals surface area contributed by atoms with E-state index in [0.717, 1.165) is 12.2 Å². The number of anilines is 1. The van der Waals surface area contributed by atoms with Gasteiger partial charge in [-0.25, -0.2) is 0 Å². The van der Waals surface area contributed by atoms with Crippen molar-refractivity contribution >= 4 is 35.0 Å². The summed E-state index contributed by atoms with van der Waals surface area (Å²) in [6, 6.07) is 4.41. The lowest BCUT2D eigenvalue weighted by molar-refractivity contribution is -0.387. The Morgan fingerprint density at radius 3 is 2.78 bits per heavy atom. The smallest absolute Gasteiger partial charge is 0.283 e. The number of hydrogen-bond acceptors (Lipinski definition) is 6. The first-order valence-electron chi connectivity index (χ1n) is 8.29. The first-order chi connectivity index (χ1) is 12.8. The van der Waals surface area contributed by atoms with Crippen LogP contribution in [0.25, 0.3) is 0 Å². The summed E-state index contributed by atoms with van der Waals surface area (Å²) in [5.74, 6) is 0.216. The van der Waals surface area contributed by atoms with Crippen LogP contribution < -0.4 is 11.1 Å². The van der Waals surface area contributed by atoms with Crippen LogP contribution in [0.4, 0.5) is 11.4 Å². The van der Waals surface area contributed by atoms with Gasteiger partial charge in [0.25, 0.3) is 11.6 Å². The minimum absolute atomic E-state index is 0.0965. The average Bonchev–Trinajstić information content (AvgIpc) is 3.00. The Morgan fingerprint density at radius 2 is 2.15 bits per heavy atom. The number of aromatic nitrogens is 2. The van der Waals surface area contributed by atoms with E-state index in [0.29, 0.717) is 16.5 Å². The van der Waals surface area contributed by atoms with E-state index < -0.39 is 16.7 Å². The summed E-state index contributed by atoms with van der Waals surface area (Å²) in [6.07, 6.45) is 3.76. The summed E-state index contributed by atoms with van der Waals surface area (Å²) in [6.45, 7) is 4.08. The zero-order valence-corrected chi connectivity index (χ0v) is 15.9. The number of nitrogens with two attached hydrogens (primary N) is 1. The molecule has 2 rings (SSSR count). The summed E-state index contributed by atoms with van der Waals surface area (Å²) < 4.78 is 1.29. The van der Waals surface area contributed by atoms with E-state index >= 15 is 0 Å². The van der Waals surface area contributed by atoms with Crippen molar-refractivity contribution in [3.8, 4) is 0 Å². The molecular weight excluding hydrogens is 370 g/mol. The van der Waals surface area contributed by atoms with E-state index in [9.17, 15) is 19.7 Å². The van der Waals surface area contributed by atoms with Gasteiger partial charge < -0.3 is 11.1 Å². The molecule has 2 amide bonds. The molecule has 0 saturated carbocycles. The lowest BCUT2D eigenvalue weighted by Gasteiger charge is -2.07. The van der Waals surface area contributed by atoms with Gasteiger partial charge in [-0.2, -0.15) is 5.10 Å². The number of nitrogens with one attached hydrogen (secondary N) is 1. The highest BCUT2D eigenvalue weighted by molar-refractivity contribution is 7.99. The molecule has 144 valence electrons. The first-order valence-corrected chi connectivity index (χ1v) is 9.28. The van der Waals surface area contributed by atoms with E-state index in [1.54, 1.807) is 12.1 Å². The third-order valence-corrected chi connectivity index (χ3v) is 4.68. The number of nitrogens with zero attached hydrogens (tertiary/aromatic N) is 3. The fourth-order valence-corrected chi connectivity index (χ4v) is 3.46. The molecule has 0 fully saturated rings. The van der Waals surface area contributed by atoms with E-state index in [-0.39, 0.29) is 17.8 Å². The predicted molar refractivity (Wildman–Crippen MR) is 103 cm³/mol. The van der Waals surface area contributed by atoms with E-state index in [4.69, 9.17) is 5.73 Å². The summed E-state index contributed by atoms with van der Waals surface area (Å²) >= 11 is 1.41. The number of nitro benzene ring substituents is 1. The second-order valence-electron chi connectivity index (χ2n) is 6.32. The molecule has 0 aliphatic carbocycles. The molecule has 0 unspecified atom stereocenters. The largest absolute Gasteiger partial charge is 0.368 e. The van der Waals surface area contributed by atoms with E-state index in [1.807, 2.05) is 0 Å². The van der Waals surface area contributed by atoms with Gasteiger partial charge in [0.2, 0.25) is 5.91 Å². The summed E-state index contributed by atoms with van der Waals surface area (Å²) in [7, 11) is 0. The molecule has 1 aromatic carbocycles. The number of amides is 2. The van der Waals surface area contributed by atoms with Crippen molar-refractivity contribution in [1.82, 2.24) is 9.78 Å². The van der Waals surface area contributed by atoms with Gasteiger partial charge in [0.05, 0.1) is 21.7 Å². The van der Waals surface area contributed by atoms with Gasteiger partial charge in [-0.05, 0) is 30.2 Å². The number of rotatable bonds is 9. The average molecular weight is 391 g/mol. The normalized spacial score (nSPS) is 10.8. The minimum atomic E-state index is -0.558. The Morgan fingerprint density at radius 1 is 1.41 bits per heavy atom. The Labute approximate surface area is 160 Å². The van der Waals surface area contributed by atoms with Gasteiger partial charge in [-0.1, -0.05) is 13.8 Å². The number of benzene rings is 1. The minimum Gasteiger partial charge on any atom is -0.368 e. The van der Waals surface area contributed by atoms with Crippen molar-refractivity contribution in [2.45, 2.75) is 31.7 Å². The van der Waals surface area contributed by atoms with Crippen LogP contribution in [0.1, 0.15) is 30.6 Å². The molecule has 0 bridgehead atoms. The molecule has 0 radical (unpaired) electrons. The molecule has 1 heterocycles. The van der Waals surface area contributed by atoms with Gasteiger partial charge in [0, 0.05) is 17.8 Å². The van der Waals surface area contributed by atoms with Gasteiger partial charge in [-0.15, -0.1) is 11.8 Å². The third kappa shape index (κ3) is 6.10. The summed E-state index contributed by atoms with van der Waals surface area (Å²) in [5, 5.41) is 17.9. The van der Waals surface area contributed by atoms with Crippen molar-refractivity contribution in [2.24, 2.45) is 11.7 Å². The second kappa shape index (κ2) is 9.17. The Kier molecular flexibility index (Phi) is 6.94. The highest BCUT2D eigenvalue weighted by atomic mass is 32.2. The first kappa shape index (κ1) is 20.4.